The first-order valence-electron chi connectivity index (χ1n) is 7.85. The second kappa shape index (κ2) is 7.13. The lowest BCUT2D eigenvalue weighted by Crippen LogP contribution is -2.32. The summed E-state index contributed by atoms with van der Waals surface area (Å²) >= 11 is 1.81. The van der Waals surface area contributed by atoms with Crippen LogP contribution in [0.5, 0.6) is 0 Å². The van der Waals surface area contributed by atoms with Crippen LogP contribution in [0.15, 0.2) is 18.0 Å². The van der Waals surface area contributed by atoms with Gasteiger partial charge in [0.25, 0.3) is 0 Å². The fourth-order valence-electron chi connectivity index (χ4n) is 2.93. The maximum Gasteiger partial charge on any atom is 0.137 e. The van der Waals surface area contributed by atoms with E-state index in [2.05, 4.69) is 27.3 Å². The Kier molecular flexibility index (Phi) is 4.98. The highest BCUT2D eigenvalue weighted by Gasteiger charge is 2.25. The molecule has 0 amide bonds. The van der Waals surface area contributed by atoms with Crippen LogP contribution in [0.25, 0.3) is 0 Å². The maximum absolute atomic E-state index is 4.78. The fraction of sp³-hybridized carbons (Fsp3) is 0.667. The highest BCUT2D eigenvalue weighted by molar-refractivity contribution is 7.09. The summed E-state index contributed by atoms with van der Waals surface area (Å²) in [7, 11) is 0. The molecule has 0 saturated carbocycles. The average molecular weight is 305 g/mol. The molecule has 114 valence electrons. The number of likely N-dealkylation sites (tertiary alicyclic amines) is 1. The average Bonchev–Trinajstić information content (AvgIpc) is 3.21. The van der Waals surface area contributed by atoms with Crippen molar-refractivity contribution in [1.82, 2.24) is 24.6 Å². The van der Waals surface area contributed by atoms with Crippen LogP contribution >= 0.6 is 11.3 Å². The highest BCUT2D eigenvalue weighted by atomic mass is 32.1. The van der Waals surface area contributed by atoms with Crippen molar-refractivity contribution in [3.63, 3.8) is 0 Å². The topological polar surface area (TPSA) is 46.8 Å². The van der Waals surface area contributed by atoms with Crippen molar-refractivity contribution in [2.75, 3.05) is 6.54 Å². The summed E-state index contributed by atoms with van der Waals surface area (Å²) in [5.41, 5.74) is 1.23. The van der Waals surface area contributed by atoms with E-state index in [0.29, 0.717) is 6.04 Å². The Morgan fingerprint density at radius 1 is 1.43 bits per heavy atom. The maximum atomic E-state index is 4.78. The Morgan fingerprint density at radius 3 is 3.19 bits per heavy atom. The molecular weight excluding hydrogens is 282 g/mol. The lowest BCUT2D eigenvalue weighted by molar-refractivity contribution is 0.217. The third-order valence-electron chi connectivity index (χ3n) is 4.07. The first kappa shape index (κ1) is 14.7. The smallest absolute Gasteiger partial charge is 0.137 e. The molecule has 1 atom stereocenters. The Labute approximate surface area is 130 Å². The molecule has 6 heteroatoms. The van der Waals surface area contributed by atoms with Gasteiger partial charge in [0, 0.05) is 18.0 Å². The SMILES string of the molecule is CCCCc1nc(CN2CCC[C@H]2Cn2cncn2)cs1. The molecule has 2 aromatic rings. The van der Waals surface area contributed by atoms with E-state index in [1.54, 1.807) is 6.33 Å². The number of rotatable bonds is 7. The van der Waals surface area contributed by atoms with Gasteiger partial charge in [-0.1, -0.05) is 13.3 Å². The molecule has 0 spiro atoms. The van der Waals surface area contributed by atoms with Crippen LogP contribution in [-0.4, -0.2) is 37.2 Å². The molecule has 0 radical (unpaired) electrons. The number of aromatic nitrogens is 4. The first-order valence-corrected chi connectivity index (χ1v) is 8.73. The third-order valence-corrected chi connectivity index (χ3v) is 5.03. The Morgan fingerprint density at radius 2 is 2.38 bits per heavy atom. The van der Waals surface area contributed by atoms with Gasteiger partial charge in [-0.2, -0.15) is 5.10 Å². The van der Waals surface area contributed by atoms with Crippen LogP contribution in [-0.2, 0) is 19.5 Å². The minimum atomic E-state index is 0.562. The van der Waals surface area contributed by atoms with Crippen LogP contribution in [0, 0.1) is 0 Å². The van der Waals surface area contributed by atoms with Crippen LogP contribution in [0.4, 0.5) is 0 Å². The molecule has 5 nitrogen and oxygen atoms in total. The molecule has 1 saturated heterocycles. The number of aryl methyl sites for hydroxylation is 1. The van der Waals surface area contributed by atoms with Crippen molar-refractivity contribution < 1.29 is 0 Å². The first-order chi connectivity index (χ1) is 10.3. The van der Waals surface area contributed by atoms with Gasteiger partial charge in [-0.15, -0.1) is 11.3 Å². The van der Waals surface area contributed by atoms with Crippen LogP contribution in [0.3, 0.4) is 0 Å². The van der Waals surface area contributed by atoms with Gasteiger partial charge in [-0.05, 0) is 32.2 Å². The molecule has 1 aliphatic rings. The van der Waals surface area contributed by atoms with Gasteiger partial charge in [-0.3, -0.25) is 9.58 Å². The minimum Gasteiger partial charge on any atom is -0.293 e. The predicted octanol–water partition coefficient (Wildman–Crippen LogP) is 2.74. The Hall–Kier alpha value is -1.27. The van der Waals surface area contributed by atoms with Crippen molar-refractivity contribution in [1.29, 1.82) is 0 Å². The van der Waals surface area contributed by atoms with E-state index in [9.17, 15) is 0 Å². The lowest BCUT2D eigenvalue weighted by atomic mass is 10.2. The molecule has 3 heterocycles. The molecule has 1 fully saturated rings. The molecule has 3 rings (SSSR count). The normalized spacial score (nSPS) is 19.4. The predicted molar refractivity (Wildman–Crippen MR) is 84.2 cm³/mol. The van der Waals surface area contributed by atoms with Crippen molar-refractivity contribution in [3.05, 3.63) is 28.7 Å². The zero-order chi connectivity index (χ0) is 14.5. The van der Waals surface area contributed by atoms with Gasteiger partial charge in [0.2, 0.25) is 0 Å². The zero-order valence-corrected chi connectivity index (χ0v) is 13.4. The van der Waals surface area contributed by atoms with E-state index in [-0.39, 0.29) is 0 Å². The minimum absolute atomic E-state index is 0.562. The third kappa shape index (κ3) is 3.89. The Balaban J connectivity index is 1.56. The van der Waals surface area contributed by atoms with E-state index < -0.39 is 0 Å². The van der Waals surface area contributed by atoms with Crippen molar-refractivity contribution >= 4 is 11.3 Å². The quantitative estimate of drug-likeness (QED) is 0.789. The highest BCUT2D eigenvalue weighted by Crippen LogP contribution is 2.22. The summed E-state index contributed by atoms with van der Waals surface area (Å²) in [6.07, 6.45) is 9.54. The number of unbranched alkanes of at least 4 members (excludes halogenated alkanes) is 1. The van der Waals surface area contributed by atoms with Gasteiger partial charge < -0.3 is 0 Å². The van der Waals surface area contributed by atoms with Crippen molar-refractivity contribution in [3.8, 4) is 0 Å². The molecular formula is C15H23N5S. The summed E-state index contributed by atoms with van der Waals surface area (Å²) in [6.45, 7) is 5.31. The number of hydrogen-bond donors (Lipinski definition) is 0. The summed E-state index contributed by atoms with van der Waals surface area (Å²) in [6, 6.07) is 0.562. The molecule has 0 aromatic carbocycles. The van der Waals surface area contributed by atoms with E-state index in [0.717, 1.165) is 19.5 Å². The molecule has 0 bridgehead atoms. The van der Waals surface area contributed by atoms with Crippen LogP contribution < -0.4 is 0 Å². The van der Waals surface area contributed by atoms with Crippen molar-refractivity contribution in [2.45, 2.75) is 58.2 Å². The van der Waals surface area contributed by atoms with Gasteiger partial charge >= 0.3 is 0 Å². The summed E-state index contributed by atoms with van der Waals surface area (Å²) < 4.78 is 1.94. The van der Waals surface area contributed by atoms with Gasteiger partial charge in [0.05, 0.1) is 17.2 Å². The van der Waals surface area contributed by atoms with E-state index in [1.807, 2.05) is 22.3 Å². The molecule has 21 heavy (non-hydrogen) atoms. The van der Waals surface area contributed by atoms with Crippen molar-refractivity contribution in [2.24, 2.45) is 0 Å². The van der Waals surface area contributed by atoms with Crippen LogP contribution in [0.1, 0.15) is 43.3 Å². The monoisotopic (exact) mass is 305 g/mol. The molecule has 0 unspecified atom stereocenters. The fourth-order valence-corrected chi connectivity index (χ4v) is 3.76. The molecule has 0 aliphatic carbocycles. The standard InChI is InChI=1S/C15H23N5S/c1-2-3-6-15-18-13(10-21-15)8-19-7-4-5-14(19)9-20-12-16-11-17-20/h10-12,14H,2-9H2,1H3/t14-/m0/s1. The molecule has 2 aromatic heterocycles. The number of nitrogens with zero attached hydrogens (tertiary/aromatic N) is 5. The molecule has 1 aliphatic heterocycles. The van der Waals surface area contributed by atoms with Gasteiger partial charge in [0.15, 0.2) is 0 Å². The van der Waals surface area contributed by atoms with Gasteiger partial charge in [-0.25, -0.2) is 9.97 Å². The summed E-state index contributed by atoms with van der Waals surface area (Å²) in [4.78, 5) is 11.4. The molecule has 0 N–H and O–H groups in total. The second-order valence-electron chi connectivity index (χ2n) is 5.72. The second-order valence-corrected chi connectivity index (χ2v) is 6.66. The number of thiazole rings is 1. The zero-order valence-electron chi connectivity index (χ0n) is 12.6. The lowest BCUT2D eigenvalue weighted by Gasteiger charge is -2.23. The summed E-state index contributed by atoms with van der Waals surface area (Å²) in [5, 5.41) is 7.75. The summed E-state index contributed by atoms with van der Waals surface area (Å²) in [5.74, 6) is 0. The van der Waals surface area contributed by atoms with Crippen LogP contribution in [0.2, 0.25) is 0 Å². The number of hydrogen-bond acceptors (Lipinski definition) is 5. The van der Waals surface area contributed by atoms with E-state index >= 15 is 0 Å². The van der Waals surface area contributed by atoms with E-state index in [1.165, 1.54) is 42.9 Å². The van der Waals surface area contributed by atoms with Gasteiger partial charge in [0.1, 0.15) is 12.7 Å². The largest absolute Gasteiger partial charge is 0.293 e. The Bertz CT molecular complexity index is 536. The van der Waals surface area contributed by atoms with E-state index in [4.69, 9.17) is 4.98 Å².